The molecule has 1 aromatic heterocycles. The highest BCUT2D eigenvalue weighted by Gasteiger charge is 2.12. The molecule has 2 rings (SSSR count). The monoisotopic (exact) mass is 259 g/mol. The number of nitrogens with one attached hydrogen (secondary N) is 1. The van der Waals surface area contributed by atoms with Crippen LogP contribution in [0.25, 0.3) is 0 Å². The zero-order valence-corrected chi connectivity index (χ0v) is 10.4. The number of aromatic nitrogens is 1. The van der Waals surface area contributed by atoms with E-state index in [1.165, 1.54) is 18.3 Å². The highest BCUT2D eigenvalue weighted by molar-refractivity contribution is 5.92. The molecule has 19 heavy (non-hydrogen) atoms. The van der Waals surface area contributed by atoms with Gasteiger partial charge in [0, 0.05) is 0 Å². The molecule has 1 aromatic carbocycles. The summed E-state index contributed by atoms with van der Waals surface area (Å²) in [5.74, 6) is -0.652. The number of pyridine rings is 1. The first kappa shape index (κ1) is 13.0. The molecular formula is C14H14FN3O. The molecule has 0 fully saturated rings. The molecule has 0 unspecified atom stereocenters. The van der Waals surface area contributed by atoms with E-state index >= 15 is 0 Å². The van der Waals surface area contributed by atoms with Crippen molar-refractivity contribution in [3.63, 3.8) is 0 Å². The summed E-state index contributed by atoms with van der Waals surface area (Å²) < 4.78 is 13.1. The average Bonchev–Trinajstić information content (AvgIpc) is 2.39. The minimum Gasteiger partial charge on any atom is -0.397 e. The molecular weight excluding hydrogens is 245 g/mol. The van der Waals surface area contributed by atoms with Crippen LogP contribution in [-0.2, 0) is 0 Å². The summed E-state index contributed by atoms with van der Waals surface area (Å²) in [6.07, 6.45) is 1.42. The first-order valence-electron chi connectivity index (χ1n) is 5.84. The Bertz CT molecular complexity index is 583. The Hall–Kier alpha value is -2.43. The van der Waals surface area contributed by atoms with Crippen LogP contribution >= 0.6 is 0 Å². The van der Waals surface area contributed by atoms with Gasteiger partial charge in [0.2, 0.25) is 0 Å². The number of hydrogen-bond acceptors (Lipinski definition) is 3. The summed E-state index contributed by atoms with van der Waals surface area (Å²) in [7, 11) is 0. The quantitative estimate of drug-likeness (QED) is 0.888. The topological polar surface area (TPSA) is 68.0 Å². The van der Waals surface area contributed by atoms with Crippen molar-refractivity contribution in [1.29, 1.82) is 0 Å². The lowest BCUT2D eigenvalue weighted by Gasteiger charge is -2.14. The van der Waals surface area contributed by atoms with E-state index in [1.54, 1.807) is 31.2 Å². The van der Waals surface area contributed by atoms with E-state index in [0.29, 0.717) is 11.3 Å². The van der Waals surface area contributed by atoms with Gasteiger partial charge in [-0.2, -0.15) is 0 Å². The summed E-state index contributed by atoms with van der Waals surface area (Å²) in [5.41, 5.74) is 6.97. The zero-order valence-electron chi connectivity index (χ0n) is 10.4. The molecule has 0 aliphatic rings. The number of carbonyl (C=O) groups is 1. The molecule has 1 amide bonds. The summed E-state index contributed by atoms with van der Waals surface area (Å²) >= 11 is 0. The fourth-order valence-electron chi connectivity index (χ4n) is 1.67. The minimum absolute atomic E-state index is 0.275. The lowest BCUT2D eigenvalue weighted by atomic mass is 10.1. The van der Waals surface area contributed by atoms with E-state index in [9.17, 15) is 9.18 Å². The Morgan fingerprint density at radius 1 is 1.37 bits per heavy atom. The first-order valence-corrected chi connectivity index (χ1v) is 5.84. The number of rotatable bonds is 3. The number of halogens is 1. The third-order valence-corrected chi connectivity index (χ3v) is 2.72. The molecule has 0 radical (unpaired) electrons. The largest absolute Gasteiger partial charge is 0.397 e. The normalized spacial score (nSPS) is 11.9. The predicted molar refractivity (Wildman–Crippen MR) is 70.9 cm³/mol. The highest BCUT2D eigenvalue weighted by atomic mass is 19.1. The number of anilines is 1. The van der Waals surface area contributed by atoms with Crippen LogP contribution < -0.4 is 11.1 Å². The highest BCUT2D eigenvalue weighted by Crippen LogP contribution is 2.14. The van der Waals surface area contributed by atoms with E-state index < -0.39 is 0 Å². The standard InChI is InChI=1S/C14H14FN3O/c1-9(10-3-2-4-11(15)7-10)18-14(19)13-6-5-12(16)8-17-13/h2-9H,16H2,1H3,(H,18,19)/t9-/m0/s1. The van der Waals surface area contributed by atoms with E-state index in [2.05, 4.69) is 10.3 Å². The van der Waals surface area contributed by atoms with Gasteiger partial charge in [-0.3, -0.25) is 4.79 Å². The van der Waals surface area contributed by atoms with Crippen molar-refractivity contribution < 1.29 is 9.18 Å². The summed E-state index contributed by atoms with van der Waals surface area (Å²) in [6, 6.07) is 8.96. The van der Waals surface area contributed by atoms with E-state index in [1.807, 2.05) is 0 Å². The Balaban J connectivity index is 2.08. The molecule has 4 nitrogen and oxygen atoms in total. The smallest absolute Gasteiger partial charge is 0.270 e. The van der Waals surface area contributed by atoms with Crippen LogP contribution in [0.3, 0.4) is 0 Å². The van der Waals surface area contributed by atoms with Gasteiger partial charge in [0.25, 0.3) is 5.91 Å². The number of amides is 1. The average molecular weight is 259 g/mol. The van der Waals surface area contributed by atoms with Crippen molar-refractivity contribution in [2.24, 2.45) is 0 Å². The van der Waals surface area contributed by atoms with Gasteiger partial charge in [-0.1, -0.05) is 12.1 Å². The van der Waals surface area contributed by atoms with Gasteiger partial charge in [-0.05, 0) is 36.8 Å². The molecule has 0 saturated heterocycles. The zero-order chi connectivity index (χ0) is 13.8. The van der Waals surface area contributed by atoms with Crippen LogP contribution in [-0.4, -0.2) is 10.9 Å². The van der Waals surface area contributed by atoms with Crippen molar-refractivity contribution >= 4 is 11.6 Å². The van der Waals surface area contributed by atoms with Crippen LogP contribution in [0.2, 0.25) is 0 Å². The van der Waals surface area contributed by atoms with Crippen LogP contribution in [0.4, 0.5) is 10.1 Å². The molecule has 98 valence electrons. The maximum Gasteiger partial charge on any atom is 0.270 e. The second kappa shape index (κ2) is 5.48. The molecule has 0 aliphatic heterocycles. The van der Waals surface area contributed by atoms with Gasteiger partial charge in [-0.25, -0.2) is 9.37 Å². The van der Waals surface area contributed by atoms with Gasteiger partial charge < -0.3 is 11.1 Å². The van der Waals surface area contributed by atoms with E-state index in [-0.39, 0.29) is 23.5 Å². The Kier molecular flexibility index (Phi) is 3.75. The van der Waals surface area contributed by atoms with E-state index in [0.717, 1.165) is 0 Å². The molecule has 3 N–H and O–H groups in total. The molecule has 1 heterocycles. The minimum atomic E-state index is -0.329. The van der Waals surface area contributed by atoms with Crippen molar-refractivity contribution in [2.45, 2.75) is 13.0 Å². The summed E-state index contributed by atoms with van der Waals surface area (Å²) in [6.45, 7) is 1.78. The Morgan fingerprint density at radius 3 is 2.79 bits per heavy atom. The van der Waals surface area contributed by atoms with Gasteiger partial charge in [0.05, 0.1) is 17.9 Å². The predicted octanol–water partition coefficient (Wildman–Crippen LogP) is 2.29. The molecule has 0 spiro atoms. The lowest BCUT2D eigenvalue weighted by molar-refractivity contribution is 0.0935. The first-order chi connectivity index (χ1) is 9.06. The Morgan fingerprint density at radius 2 is 2.16 bits per heavy atom. The van der Waals surface area contributed by atoms with Crippen molar-refractivity contribution in [3.8, 4) is 0 Å². The third-order valence-electron chi connectivity index (χ3n) is 2.72. The fraction of sp³-hybridized carbons (Fsp3) is 0.143. The fourth-order valence-corrected chi connectivity index (χ4v) is 1.67. The van der Waals surface area contributed by atoms with Gasteiger partial charge >= 0.3 is 0 Å². The van der Waals surface area contributed by atoms with Crippen LogP contribution in [0, 0.1) is 5.82 Å². The number of nitrogens with zero attached hydrogens (tertiary/aromatic N) is 1. The molecule has 0 aliphatic carbocycles. The number of nitrogens with two attached hydrogens (primary N) is 1. The van der Waals surface area contributed by atoms with Crippen LogP contribution in [0.1, 0.15) is 29.0 Å². The molecule has 2 aromatic rings. The number of benzene rings is 1. The maximum atomic E-state index is 13.1. The second-order valence-electron chi connectivity index (χ2n) is 4.23. The number of carbonyl (C=O) groups excluding carboxylic acids is 1. The number of hydrogen-bond donors (Lipinski definition) is 2. The van der Waals surface area contributed by atoms with Crippen molar-refractivity contribution in [3.05, 3.63) is 59.7 Å². The summed E-state index contributed by atoms with van der Waals surface area (Å²) in [4.78, 5) is 15.8. The van der Waals surface area contributed by atoms with E-state index in [4.69, 9.17) is 5.73 Å². The van der Waals surface area contributed by atoms with Gasteiger partial charge in [0.1, 0.15) is 11.5 Å². The summed E-state index contributed by atoms with van der Waals surface area (Å²) in [5, 5.41) is 2.75. The Labute approximate surface area is 110 Å². The second-order valence-corrected chi connectivity index (χ2v) is 4.23. The molecule has 0 bridgehead atoms. The van der Waals surface area contributed by atoms with Crippen molar-refractivity contribution in [1.82, 2.24) is 10.3 Å². The van der Waals surface area contributed by atoms with Crippen molar-refractivity contribution in [2.75, 3.05) is 5.73 Å². The maximum absolute atomic E-state index is 13.1. The molecule has 5 heteroatoms. The number of nitrogen functional groups attached to an aromatic ring is 1. The van der Waals surface area contributed by atoms with Crippen LogP contribution in [0.5, 0.6) is 0 Å². The SMILES string of the molecule is C[C@H](NC(=O)c1ccc(N)cn1)c1cccc(F)c1. The lowest BCUT2D eigenvalue weighted by Crippen LogP contribution is -2.27. The third kappa shape index (κ3) is 3.28. The van der Waals surface area contributed by atoms with Gasteiger partial charge in [0.15, 0.2) is 0 Å². The van der Waals surface area contributed by atoms with Gasteiger partial charge in [-0.15, -0.1) is 0 Å². The molecule has 0 saturated carbocycles. The molecule has 1 atom stereocenters. The van der Waals surface area contributed by atoms with Crippen LogP contribution in [0.15, 0.2) is 42.6 Å².